The molecule has 0 aromatic heterocycles. The van der Waals surface area contributed by atoms with Gasteiger partial charge in [-0.15, -0.1) is 0 Å². The Kier molecular flexibility index (Phi) is 4.15. The predicted octanol–water partition coefficient (Wildman–Crippen LogP) is 3.79. The molecule has 5 heteroatoms. The van der Waals surface area contributed by atoms with Crippen molar-refractivity contribution in [2.75, 3.05) is 11.1 Å². The summed E-state index contributed by atoms with van der Waals surface area (Å²) in [4.78, 5) is 11.0. The number of rotatable bonds is 4. The van der Waals surface area contributed by atoms with Crippen LogP contribution in [0.3, 0.4) is 0 Å². The summed E-state index contributed by atoms with van der Waals surface area (Å²) in [5.41, 5.74) is 7.74. The third-order valence-electron chi connectivity index (χ3n) is 3.04. The standard InChI is InChI=1S/C15H15ClN2O2/c1-9(10-2-4-11(16)5-3-10)18-12-6-7-14(17)13(8-12)15(19)20/h2-9,18H,17H2,1H3,(H,19,20). The number of anilines is 2. The number of nitrogen functional groups attached to an aromatic ring is 1. The molecule has 1 unspecified atom stereocenters. The summed E-state index contributed by atoms with van der Waals surface area (Å²) < 4.78 is 0. The molecule has 0 saturated heterocycles. The molecule has 0 saturated carbocycles. The van der Waals surface area contributed by atoms with Crippen molar-refractivity contribution < 1.29 is 9.90 Å². The van der Waals surface area contributed by atoms with Gasteiger partial charge in [0.15, 0.2) is 0 Å². The molecule has 0 spiro atoms. The molecule has 104 valence electrons. The van der Waals surface area contributed by atoms with Crippen molar-refractivity contribution in [3.8, 4) is 0 Å². The van der Waals surface area contributed by atoms with E-state index in [-0.39, 0.29) is 17.3 Å². The highest BCUT2D eigenvalue weighted by atomic mass is 35.5. The fraction of sp³-hybridized carbons (Fsp3) is 0.133. The first-order valence-electron chi connectivity index (χ1n) is 6.12. The van der Waals surface area contributed by atoms with Crippen molar-refractivity contribution in [2.45, 2.75) is 13.0 Å². The molecule has 1 atom stereocenters. The summed E-state index contributed by atoms with van der Waals surface area (Å²) in [5, 5.41) is 13.0. The van der Waals surface area contributed by atoms with Crippen molar-refractivity contribution in [3.63, 3.8) is 0 Å². The average molecular weight is 291 g/mol. The highest BCUT2D eigenvalue weighted by Gasteiger charge is 2.10. The summed E-state index contributed by atoms with van der Waals surface area (Å²) >= 11 is 5.85. The topological polar surface area (TPSA) is 75.3 Å². The minimum atomic E-state index is -1.04. The second-order valence-corrected chi connectivity index (χ2v) is 4.96. The van der Waals surface area contributed by atoms with Gasteiger partial charge in [-0.3, -0.25) is 0 Å². The number of hydrogen-bond donors (Lipinski definition) is 3. The maximum Gasteiger partial charge on any atom is 0.337 e. The van der Waals surface area contributed by atoms with Gasteiger partial charge in [-0.1, -0.05) is 23.7 Å². The first-order valence-corrected chi connectivity index (χ1v) is 6.50. The van der Waals surface area contributed by atoms with Crippen molar-refractivity contribution in [1.82, 2.24) is 0 Å². The SMILES string of the molecule is CC(Nc1ccc(N)c(C(=O)O)c1)c1ccc(Cl)cc1. The fourth-order valence-corrected chi connectivity index (χ4v) is 2.04. The summed E-state index contributed by atoms with van der Waals surface area (Å²) in [5.74, 6) is -1.04. The Labute approximate surface area is 122 Å². The summed E-state index contributed by atoms with van der Waals surface area (Å²) in [6, 6.07) is 12.4. The number of nitrogens with two attached hydrogens (primary N) is 1. The lowest BCUT2D eigenvalue weighted by atomic mass is 10.1. The van der Waals surface area contributed by atoms with Crippen LogP contribution in [0.25, 0.3) is 0 Å². The minimum Gasteiger partial charge on any atom is -0.478 e. The zero-order valence-corrected chi connectivity index (χ0v) is 11.7. The molecule has 0 bridgehead atoms. The zero-order chi connectivity index (χ0) is 14.7. The molecule has 0 aliphatic carbocycles. The van der Waals surface area contributed by atoms with Crippen molar-refractivity contribution in [1.29, 1.82) is 0 Å². The smallest absolute Gasteiger partial charge is 0.337 e. The summed E-state index contributed by atoms with van der Waals surface area (Å²) in [7, 11) is 0. The van der Waals surface area contributed by atoms with Crippen LogP contribution in [0.2, 0.25) is 5.02 Å². The number of carbonyl (C=O) groups is 1. The molecular formula is C15H15ClN2O2. The van der Waals surface area contributed by atoms with Crippen LogP contribution in [-0.4, -0.2) is 11.1 Å². The first kappa shape index (κ1) is 14.2. The molecular weight excluding hydrogens is 276 g/mol. The van der Waals surface area contributed by atoms with Crippen LogP contribution < -0.4 is 11.1 Å². The quantitative estimate of drug-likeness (QED) is 0.749. The molecule has 0 aliphatic heterocycles. The van der Waals surface area contributed by atoms with Crippen LogP contribution in [0.1, 0.15) is 28.9 Å². The van der Waals surface area contributed by atoms with Gasteiger partial charge in [0.05, 0.1) is 5.56 Å². The maximum absolute atomic E-state index is 11.0. The maximum atomic E-state index is 11.0. The Morgan fingerprint density at radius 2 is 1.90 bits per heavy atom. The second-order valence-electron chi connectivity index (χ2n) is 4.52. The van der Waals surface area contributed by atoms with Gasteiger partial charge in [0.2, 0.25) is 0 Å². The van der Waals surface area contributed by atoms with E-state index in [1.165, 1.54) is 6.07 Å². The number of benzene rings is 2. The van der Waals surface area contributed by atoms with Gasteiger partial charge in [-0.05, 0) is 42.8 Å². The molecule has 4 N–H and O–H groups in total. The second kappa shape index (κ2) is 5.84. The zero-order valence-electron chi connectivity index (χ0n) is 10.9. The molecule has 4 nitrogen and oxygen atoms in total. The number of nitrogens with one attached hydrogen (secondary N) is 1. The number of halogens is 1. The van der Waals surface area contributed by atoms with Gasteiger partial charge in [0, 0.05) is 22.4 Å². The van der Waals surface area contributed by atoms with Gasteiger partial charge >= 0.3 is 5.97 Å². The lowest BCUT2D eigenvalue weighted by Crippen LogP contribution is -2.08. The Hall–Kier alpha value is -2.20. The van der Waals surface area contributed by atoms with Crippen LogP contribution in [0.15, 0.2) is 42.5 Å². The van der Waals surface area contributed by atoms with Gasteiger partial charge in [-0.2, -0.15) is 0 Å². The molecule has 0 heterocycles. The lowest BCUT2D eigenvalue weighted by molar-refractivity contribution is 0.0698. The van der Waals surface area contributed by atoms with E-state index >= 15 is 0 Å². The van der Waals surface area contributed by atoms with Crippen LogP contribution in [0.4, 0.5) is 11.4 Å². The van der Waals surface area contributed by atoms with E-state index in [1.807, 2.05) is 31.2 Å². The fourth-order valence-electron chi connectivity index (χ4n) is 1.92. The molecule has 0 amide bonds. The predicted molar refractivity (Wildman–Crippen MR) is 81.3 cm³/mol. The normalized spacial score (nSPS) is 11.9. The molecule has 2 aromatic carbocycles. The van der Waals surface area contributed by atoms with Crippen molar-refractivity contribution in [2.24, 2.45) is 0 Å². The Morgan fingerprint density at radius 3 is 2.50 bits per heavy atom. The summed E-state index contributed by atoms with van der Waals surface area (Å²) in [6.45, 7) is 1.99. The Morgan fingerprint density at radius 1 is 1.25 bits per heavy atom. The van der Waals surface area contributed by atoms with E-state index in [1.54, 1.807) is 12.1 Å². The average Bonchev–Trinajstić information content (AvgIpc) is 2.41. The molecule has 0 aliphatic rings. The van der Waals surface area contributed by atoms with Gasteiger partial charge < -0.3 is 16.2 Å². The van der Waals surface area contributed by atoms with Crippen LogP contribution in [0, 0.1) is 0 Å². The number of aromatic carboxylic acids is 1. The molecule has 20 heavy (non-hydrogen) atoms. The number of carboxylic acids is 1. The molecule has 0 radical (unpaired) electrons. The number of hydrogen-bond acceptors (Lipinski definition) is 3. The van der Waals surface area contributed by atoms with Crippen molar-refractivity contribution in [3.05, 3.63) is 58.6 Å². The minimum absolute atomic E-state index is 0.0255. The largest absolute Gasteiger partial charge is 0.478 e. The van der Waals surface area contributed by atoms with Crippen molar-refractivity contribution >= 4 is 28.9 Å². The monoisotopic (exact) mass is 290 g/mol. The van der Waals surface area contributed by atoms with Crippen LogP contribution in [0.5, 0.6) is 0 Å². The summed E-state index contributed by atoms with van der Waals surface area (Å²) in [6.07, 6.45) is 0. The van der Waals surface area contributed by atoms with E-state index in [4.69, 9.17) is 22.4 Å². The molecule has 2 rings (SSSR count). The Bertz CT molecular complexity index is 626. The molecule has 0 fully saturated rings. The first-order chi connectivity index (χ1) is 9.47. The van der Waals surface area contributed by atoms with E-state index in [9.17, 15) is 4.79 Å². The van der Waals surface area contributed by atoms with Gasteiger partial charge in [-0.25, -0.2) is 4.79 Å². The third kappa shape index (κ3) is 3.22. The van der Waals surface area contributed by atoms with Crippen LogP contribution >= 0.6 is 11.6 Å². The number of carboxylic acid groups (broad SMARTS) is 1. The van der Waals surface area contributed by atoms with Gasteiger partial charge in [0.25, 0.3) is 0 Å². The highest BCUT2D eigenvalue weighted by Crippen LogP contribution is 2.23. The van der Waals surface area contributed by atoms with Crippen LogP contribution in [-0.2, 0) is 0 Å². The van der Waals surface area contributed by atoms with E-state index in [2.05, 4.69) is 5.32 Å². The van der Waals surface area contributed by atoms with E-state index in [0.717, 1.165) is 5.56 Å². The highest BCUT2D eigenvalue weighted by molar-refractivity contribution is 6.30. The lowest BCUT2D eigenvalue weighted by Gasteiger charge is -2.16. The third-order valence-corrected chi connectivity index (χ3v) is 3.29. The van der Waals surface area contributed by atoms with Gasteiger partial charge in [0.1, 0.15) is 0 Å². The molecule has 2 aromatic rings. The van der Waals surface area contributed by atoms with E-state index in [0.29, 0.717) is 10.7 Å². The van der Waals surface area contributed by atoms with E-state index < -0.39 is 5.97 Å². The Balaban J connectivity index is 2.19.